The van der Waals surface area contributed by atoms with Crippen LogP contribution in [0.2, 0.25) is 10.0 Å². The second-order valence-electron chi connectivity index (χ2n) is 4.32. The monoisotopic (exact) mass is 310 g/mol. The van der Waals surface area contributed by atoms with Gasteiger partial charge in [-0.1, -0.05) is 36.2 Å². The fourth-order valence-electron chi connectivity index (χ4n) is 1.73. The lowest BCUT2D eigenvalue weighted by Gasteiger charge is -2.14. The Hall–Kier alpha value is -1.58. The lowest BCUT2D eigenvalue weighted by molar-refractivity contribution is 0.319. The molecule has 5 heteroatoms. The van der Waals surface area contributed by atoms with E-state index in [1.54, 1.807) is 12.1 Å². The van der Waals surface area contributed by atoms with Crippen LogP contribution in [0, 0.1) is 0 Å². The number of para-hydroxylation sites is 1. The largest absolute Gasteiger partial charge is 0.491 e. The van der Waals surface area contributed by atoms with Crippen LogP contribution < -0.4 is 15.8 Å². The van der Waals surface area contributed by atoms with Crippen molar-refractivity contribution in [1.29, 1.82) is 0 Å². The number of nitrogens with one attached hydrogen (secondary N) is 1. The molecule has 2 aromatic carbocycles. The minimum Gasteiger partial charge on any atom is -0.491 e. The minimum atomic E-state index is 0.539. The van der Waals surface area contributed by atoms with Gasteiger partial charge in [-0.15, -0.1) is 0 Å². The van der Waals surface area contributed by atoms with Gasteiger partial charge < -0.3 is 15.8 Å². The van der Waals surface area contributed by atoms with E-state index in [1.807, 2.05) is 31.2 Å². The van der Waals surface area contributed by atoms with Gasteiger partial charge in [-0.3, -0.25) is 0 Å². The molecule has 2 rings (SSSR count). The van der Waals surface area contributed by atoms with Gasteiger partial charge in [-0.05, 0) is 36.8 Å². The Morgan fingerprint density at radius 3 is 2.65 bits per heavy atom. The molecule has 0 fully saturated rings. The molecular formula is C15H16Cl2N2O. The number of ether oxygens (including phenoxy) is 1. The lowest BCUT2D eigenvalue weighted by atomic mass is 10.2. The summed E-state index contributed by atoms with van der Waals surface area (Å²) in [7, 11) is 0. The first-order valence-corrected chi connectivity index (χ1v) is 7.10. The SMILES string of the molecule is CCCOc1cccc(Nc2ccc(Cl)cc2Cl)c1N. The van der Waals surface area contributed by atoms with Crippen molar-refractivity contribution >= 4 is 40.3 Å². The summed E-state index contributed by atoms with van der Waals surface area (Å²) >= 11 is 12.0. The molecule has 3 nitrogen and oxygen atoms in total. The quantitative estimate of drug-likeness (QED) is 0.754. The first-order valence-electron chi connectivity index (χ1n) is 6.35. The van der Waals surface area contributed by atoms with E-state index >= 15 is 0 Å². The van der Waals surface area contributed by atoms with Crippen LogP contribution >= 0.6 is 23.2 Å². The summed E-state index contributed by atoms with van der Waals surface area (Å²) in [5.74, 6) is 0.668. The van der Waals surface area contributed by atoms with Gasteiger partial charge in [0.15, 0.2) is 0 Å². The molecule has 0 aliphatic heterocycles. The highest BCUT2D eigenvalue weighted by Gasteiger charge is 2.08. The molecule has 0 aliphatic carbocycles. The van der Waals surface area contributed by atoms with Crippen molar-refractivity contribution in [3.63, 3.8) is 0 Å². The van der Waals surface area contributed by atoms with Crippen LogP contribution in [0.1, 0.15) is 13.3 Å². The number of benzene rings is 2. The van der Waals surface area contributed by atoms with Crippen LogP contribution in [0.15, 0.2) is 36.4 Å². The highest BCUT2D eigenvalue weighted by Crippen LogP contribution is 2.34. The average Bonchev–Trinajstić information content (AvgIpc) is 2.42. The molecule has 0 spiro atoms. The van der Waals surface area contributed by atoms with E-state index in [4.69, 9.17) is 33.7 Å². The van der Waals surface area contributed by atoms with Crippen molar-refractivity contribution in [3.05, 3.63) is 46.4 Å². The van der Waals surface area contributed by atoms with Gasteiger partial charge in [0.25, 0.3) is 0 Å². The first kappa shape index (κ1) is 14.8. The number of anilines is 3. The highest BCUT2D eigenvalue weighted by molar-refractivity contribution is 6.36. The molecule has 0 aromatic heterocycles. The molecular weight excluding hydrogens is 295 g/mol. The summed E-state index contributed by atoms with van der Waals surface area (Å²) in [5, 5.41) is 4.32. The van der Waals surface area contributed by atoms with Gasteiger partial charge in [0, 0.05) is 5.02 Å². The maximum absolute atomic E-state index is 6.14. The number of hydrogen-bond donors (Lipinski definition) is 2. The Labute approximate surface area is 128 Å². The van der Waals surface area contributed by atoms with Gasteiger partial charge in [0.05, 0.1) is 28.7 Å². The van der Waals surface area contributed by atoms with Crippen molar-refractivity contribution in [3.8, 4) is 5.75 Å². The van der Waals surface area contributed by atoms with Gasteiger partial charge in [0.2, 0.25) is 0 Å². The van der Waals surface area contributed by atoms with Crippen molar-refractivity contribution in [2.24, 2.45) is 0 Å². The van der Waals surface area contributed by atoms with E-state index in [-0.39, 0.29) is 0 Å². The zero-order valence-electron chi connectivity index (χ0n) is 11.1. The molecule has 106 valence electrons. The minimum absolute atomic E-state index is 0.539. The summed E-state index contributed by atoms with van der Waals surface area (Å²) in [4.78, 5) is 0. The molecule has 2 aromatic rings. The molecule has 3 N–H and O–H groups in total. The number of halogens is 2. The first-order chi connectivity index (χ1) is 9.61. The normalized spacial score (nSPS) is 10.3. The van der Waals surface area contributed by atoms with E-state index in [9.17, 15) is 0 Å². The van der Waals surface area contributed by atoms with Crippen LogP contribution in [-0.2, 0) is 0 Å². The fraction of sp³-hybridized carbons (Fsp3) is 0.200. The van der Waals surface area contributed by atoms with Crippen molar-refractivity contribution in [2.45, 2.75) is 13.3 Å². The third-order valence-electron chi connectivity index (χ3n) is 2.73. The molecule has 0 bridgehead atoms. The Morgan fingerprint density at radius 1 is 1.15 bits per heavy atom. The van der Waals surface area contributed by atoms with Crippen molar-refractivity contribution in [1.82, 2.24) is 0 Å². The standard InChI is InChI=1S/C15H16Cl2N2O/c1-2-8-20-14-5-3-4-13(15(14)18)19-12-7-6-10(16)9-11(12)17/h3-7,9,19H,2,8,18H2,1H3. The predicted molar refractivity (Wildman–Crippen MR) is 86.4 cm³/mol. The second kappa shape index (κ2) is 6.73. The van der Waals surface area contributed by atoms with Crippen molar-refractivity contribution < 1.29 is 4.74 Å². The molecule has 0 atom stereocenters. The van der Waals surface area contributed by atoms with Crippen LogP contribution in [0.25, 0.3) is 0 Å². The van der Waals surface area contributed by atoms with E-state index in [1.165, 1.54) is 0 Å². The van der Waals surface area contributed by atoms with E-state index in [2.05, 4.69) is 5.32 Å². The fourth-order valence-corrected chi connectivity index (χ4v) is 2.18. The number of nitrogens with two attached hydrogens (primary N) is 1. The summed E-state index contributed by atoms with van der Waals surface area (Å²) in [5.41, 5.74) is 8.16. The molecule has 0 amide bonds. The molecule has 0 unspecified atom stereocenters. The molecule has 0 radical (unpaired) electrons. The number of hydrogen-bond acceptors (Lipinski definition) is 3. The molecule has 0 aliphatic rings. The maximum Gasteiger partial charge on any atom is 0.144 e. The maximum atomic E-state index is 6.14. The second-order valence-corrected chi connectivity index (χ2v) is 5.16. The zero-order chi connectivity index (χ0) is 14.5. The summed E-state index contributed by atoms with van der Waals surface area (Å²) in [6, 6.07) is 10.9. The van der Waals surface area contributed by atoms with Crippen molar-refractivity contribution in [2.75, 3.05) is 17.7 Å². The van der Waals surface area contributed by atoms with Crippen LogP contribution in [-0.4, -0.2) is 6.61 Å². The molecule has 0 saturated heterocycles. The van der Waals surface area contributed by atoms with Crippen LogP contribution in [0.3, 0.4) is 0 Å². The number of nitrogen functional groups attached to an aromatic ring is 1. The molecule has 20 heavy (non-hydrogen) atoms. The topological polar surface area (TPSA) is 47.3 Å². The lowest BCUT2D eigenvalue weighted by Crippen LogP contribution is -2.02. The predicted octanol–water partition coefficient (Wildman–Crippen LogP) is 5.11. The number of rotatable bonds is 5. The summed E-state index contributed by atoms with van der Waals surface area (Å²) in [6.07, 6.45) is 0.931. The zero-order valence-corrected chi connectivity index (χ0v) is 12.6. The Morgan fingerprint density at radius 2 is 1.95 bits per heavy atom. The van der Waals surface area contributed by atoms with Gasteiger partial charge in [-0.25, -0.2) is 0 Å². The highest BCUT2D eigenvalue weighted by atomic mass is 35.5. The smallest absolute Gasteiger partial charge is 0.144 e. The van der Waals surface area contributed by atoms with E-state index in [0.29, 0.717) is 28.1 Å². The van der Waals surface area contributed by atoms with Gasteiger partial charge in [-0.2, -0.15) is 0 Å². The van der Waals surface area contributed by atoms with Crippen LogP contribution in [0.4, 0.5) is 17.1 Å². The van der Waals surface area contributed by atoms with Gasteiger partial charge in [0.1, 0.15) is 5.75 Å². The third-order valence-corrected chi connectivity index (χ3v) is 3.28. The van der Waals surface area contributed by atoms with E-state index < -0.39 is 0 Å². The Balaban J connectivity index is 2.24. The van der Waals surface area contributed by atoms with Crippen LogP contribution in [0.5, 0.6) is 5.75 Å². The molecule has 0 heterocycles. The van der Waals surface area contributed by atoms with E-state index in [0.717, 1.165) is 17.8 Å². The Kier molecular flexibility index (Phi) is 4.99. The van der Waals surface area contributed by atoms with Gasteiger partial charge >= 0.3 is 0 Å². The molecule has 0 saturated carbocycles. The summed E-state index contributed by atoms with van der Waals surface area (Å²) in [6.45, 7) is 2.68. The average molecular weight is 311 g/mol. The summed E-state index contributed by atoms with van der Waals surface area (Å²) < 4.78 is 5.59. The Bertz CT molecular complexity index is 602. The third kappa shape index (κ3) is 3.50.